The van der Waals surface area contributed by atoms with E-state index < -0.39 is 5.82 Å². The predicted molar refractivity (Wildman–Crippen MR) is 68.6 cm³/mol. The van der Waals surface area contributed by atoms with Crippen LogP contribution >= 0.6 is 0 Å². The van der Waals surface area contributed by atoms with Crippen LogP contribution in [0.15, 0.2) is 12.1 Å². The Morgan fingerprint density at radius 2 is 1.83 bits per heavy atom. The molecule has 1 rings (SSSR count). The van der Waals surface area contributed by atoms with Gasteiger partial charge in [-0.15, -0.1) is 0 Å². The lowest BCUT2D eigenvalue weighted by atomic mass is 10.2. The Bertz CT molecular complexity index is 402. The molecule has 2 N–H and O–H groups in total. The molecule has 4 nitrogen and oxygen atoms in total. The highest BCUT2D eigenvalue weighted by molar-refractivity contribution is 5.56. The van der Waals surface area contributed by atoms with Crippen LogP contribution in [0.1, 0.15) is 20.8 Å². The Morgan fingerprint density at radius 3 is 2.39 bits per heavy atom. The maximum atomic E-state index is 13.5. The molecular formula is C13H20FNO3. The van der Waals surface area contributed by atoms with Crippen LogP contribution in [0.5, 0.6) is 11.5 Å². The van der Waals surface area contributed by atoms with Crippen LogP contribution in [0.3, 0.4) is 0 Å². The van der Waals surface area contributed by atoms with Gasteiger partial charge in [0.1, 0.15) is 12.4 Å². The van der Waals surface area contributed by atoms with E-state index in [-0.39, 0.29) is 23.6 Å². The molecule has 0 saturated heterocycles. The topological polar surface area (TPSA) is 53.7 Å². The van der Waals surface area contributed by atoms with Gasteiger partial charge in [-0.25, -0.2) is 4.39 Å². The Labute approximate surface area is 107 Å². The van der Waals surface area contributed by atoms with Crippen molar-refractivity contribution in [1.82, 2.24) is 0 Å². The number of methoxy groups -OCH3 is 1. The number of ether oxygens (including phenoxy) is 3. The molecule has 0 aliphatic rings. The molecule has 0 atom stereocenters. The number of nitrogen functional groups attached to an aromatic ring is 1. The first kappa shape index (κ1) is 14.6. The predicted octanol–water partition coefficient (Wildman–Crippen LogP) is 2.61. The van der Waals surface area contributed by atoms with Crippen molar-refractivity contribution >= 4 is 5.69 Å². The summed E-state index contributed by atoms with van der Waals surface area (Å²) < 4.78 is 29.3. The summed E-state index contributed by atoms with van der Waals surface area (Å²) in [6.07, 6.45) is 0. The highest BCUT2D eigenvalue weighted by Crippen LogP contribution is 2.29. The van der Waals surface area contributed by atoms with Crippen molar-refractivity contribution in [3.05, 3.63) is 17.9 Å². The SMILES string of the molecule is COc1cc(OCCOC(C)(C)C)c(F)cc1N. The molecule has 0 heterocycles. The Hall–Kier alpha value is -1.49. The molecular weight excluding hydrogens is 237 g/mol. The summed E-state index contributed by atoms with van der Waals surface area (Å²) in [6, 6.07) is 2.61. The van der Waals surface area contributed by atoms with Crippen molar-refractivity contribution in [2.45, 2.75) is 26.4 Å². The van der Waals surface area contributed by atoms with Gasteiger partial charge in [-0.1, -0.05) is 0 Å². The van der Waals surface area contributed by atoms with Crippen LogP contribution in [-0.4, -0.2) is 25.9 Å². The second-order valence-corrected chi connectivity index (χ2v) is 4.83. The van der Waals surface area contributed by atoms with E-state index in [2.05, 4.69) is 0 Å². The molecule has 0 saturated carbocycles. The zero-order valence-electron chi connectivity index (χ0n) is 11.2. The molecule has 5 heteroatoms. The number of hydrogen-bond acceptors (Lipinski definition) is 4. The van der Waals surface area contributed by atoms with Crippen molar-refractivity contribution < 1.29 is 18.6 Å². The fraction of sp³-hybridized carbons (Fsp3) is 0.538. The molecule has 0 spiro atoms. The van der Waals surface area contributed by atoms with Gasteiger partial charge in [0, 0.05) is 12.1 Å². The molecule has 1 aromatic rings. The number of benzene rings is 1. The third-order valence-corrected chi connectivity index (χ3v) is 2.16. The van der Waals surface area contributed by atoms with Crippen LogP contribution in [0.25, 0.3) is 0 Å². The third-order valence-electron chi connectivity index (χ3n) is 2.16. The number of nitrogens with two attached hydrogens (primary N) is 1. The number of anilines is 1. The van der Waals surface area contributed by atoms with Crippen molar-refractivity contribution in [3.8, 4) is 11.5 Å². The van der Waals surface area contributed by atoms with Crippen molar-refractivity contribution in [3.63, 3.8) is 0 Å². The van der Waals surface area contributed by atoms with E-state index in [0.717, 1.165) is 0 Å². The fourth-order valence-corrected chi connectivity index (χ4v) is 1.34. The number of rotatable bonds is 5. The summed E-state index contributed by atoms with van der Waals surface area (Å²) in [5, 5.41) is 0. The maximum absolute atomic E-state index is 13.5. The lowest BCUT2D eigenvalue weighted by Crippen LogP contribution is -2.22. The third kappa shape index (κ3) is 4.41. The minimum atomic E-state index is -0.510. The van der Waals surface area contributed by atoms with E-state index in [1.165, 1.54) is 19.2 Å². The quantitative estimate of drug-likeness (QED) is 0.650. The second kappa shape index (κ2) is 5.91. The van der Waals surface area contributed by atoms with E-state index >= 15 is 0 Å². The average molecular weight is 257 g/mol. The van der Waals surface area contributed by atoms with Crippen molar-refractivity contribution in [2.24, 2.45) is 0 Å². The van der Waals surface area contributed by atoms with Gasteiger partial charge in [0.2, 0.25) is 0 Å². The van der Waals surface area contributed by atoms with Gasteiger partial charge in [-0.05, 0) is 20.8 Å². The van der Waals surface area contributed by atoms with Gasteiger partial charge in [0.25, 0.3) is 0 Å². The number of halogens is 1. The number of hydrogen-bond donors (Lipinski definition) is 1. The molecule has 0 aliphatic carbocycles. The molecule has 0 amide bonds. The first-order valence-electron chi connectivity index (χ1n) is 5.73. The van der Waals surface area contributed by atoms with Crippen molar-refractivity contribution in [2.75, 3.05) is 26.1 Å². The zero-order chi connectivity index (χ0) is 13.8. The van der Waals surface area contributed by atoms with E-state index in [9.17, 15) is 4.39 Å². The molecule has 0 bridgehead atoms. The van der Waals surface area contributed by atoms with Gasteiger partial charge in [-0.3, -0.25) is 0 Å². The summed E-state index contributed by atoms with van der Waals surface area (Å²) in [5.41, 5.74) is 5.58. The standard InChI is InChI=1S/C13H20FNO3/c1-13(2,3)18-6-5-17-11-8-12(16-4)10(15)7-9(11)14/h7-8H,5-6,15H2,1-4H3. The first-order valence-corrected chi connectivity index (χ1v) is 5.73. The van der Waals surface area contributed by atoms with Crippen LogP contribution in [0.4, 0.5) is 10.1 Å². The zero-order valence-corrected chi connectivity index (χ0v) is 11.2. The van der Waals surface area contributed by atoms with E-state index in [0.29, 0.717) is 12.4 Å². The lowest BCUT2D eigenvalue weighted by Gasteiger charge is -2.19. The van der Waals surface area contributed by atoms with E-state index in [1.54, 1.807) is 0 Å². The van der Waals surface area contributed by atoms with E-state index in [4.69, 9.17) is 19.9 Å². The lowest BCUT2D eigenvalue weighted by molar-refractivity contribution is -0.0166. The van der Waals surface area contributed by atoms with Crippen LogP contribution in [0.2, 0.25) is 0 Å². The molecule has 0 aliphatic heterocycles. The van der Waals surface area contributed by atoms with Gasteiger partial charge >= 0.3 is 0 Å². The van der Waals surface area contributed by atoms with Crippen molar-refractivity contribution in [1.29, 1.82) is 0 Å². The summed E-state index contributed by atoms with van der Waals surface area (Å²) in [4.78, 5) is 0. The molecule has 1 aromatic carbocycles. The van der Waals surface area contributed by atoms with Gasteiger partial charge in [0.05, 0.1) is 25.0 Å². The summed E-state index contributed by atoms with van der Waals surface area (Å²) >= 11 is 0. The summed E-state index contributed by atoms with van der Waals surface area (Å²) in [6.45, 7) is 6.48. The van der Waals surface area contributed by atoms with Gasteiger partial charge in [0.15, 0.2) is 11.6 Å². The molecule has 102 valence electrons. The Balaban J connectivity index is 2.57. The maximum Gasteiger partial charge on any atom is 0.167 e. The fourth-order valence-electron chi connectivity index (χ4n) is 1.34. The summed E-state index contributed by atoms with van der Waals surface area (Å²) in [7, 11) is 1.47. The summed E-state index contributed by atoms with van der Waals surface area (Å²) in [5.74, 6) is -0.00856. The van der Waals surface area contributed by atoms with E-state index in [1.807, 2.05) is 20.8 Å². The average Bonchev–Trinajstić information content (AvgIpc) is 2.25. The highest BCUT2D eigenvalue weighted by Gasteiger charge is 2.12. The Kier molecular flexibility index (Phi) is 4.78. The smallest absolute Gasteiger partial charge is 0.167 e. The largest absolute Gasteiger partial charge is 0.494 e. The second-order valence-electron chi connectivity index (χ2n) is 4.83. The molecule has 18 heavy (non-hydrogen) atoms. The molecule has 0 radical (unpaired) electrons. The van der Waals surface area contributed by atoms with Crippen LogP contribution < -0.4 is 15.2 Å². The monoisotopic (exact) mass is 257 g/mol. The molecule has 0 fully saturated rings. The van der Waals surface area contributed by atoms with Gasteiger partial charge < -0.3 is 19.9 Å². The first-order chi connectivity index (χ1) is 8.33. The molecule has 0 unspecified atom stereocenters. The van der Waals surface area contributed by atoms with Crippen LogP contribution in [0, 0.1) is 5.82 Å². The van der Waals surface area contributed by atoms with Crippen LogP contribution in [-0.2, 0) is 4.74 Å². The normalized spacial score (nSPS) is 11.4. The molecule has 0 aromatic heterocycles. The Morgan fingerprint density at radius 1 is 1.17 bits per heavy atom. The minimum Gasteiger partial charge on any atom is -0.494 e. The van der Waals surface area contributed by atoms with Gasteiger partial charge in [-0.2, -0.15) is 0 Å². The minimum absolute atomic E-state index is 0.110. The highest BCUT2D eigenvalue weighted by atomic mass is 19.1.